The Morgan fingerprint density at radius 3 is 2.69 bits per heavy atom. The smallest absolute Gasteiger partial charge is 0.379 e. The van der Waals surface area contributed by atoms with E-state index in [4.69, 9.17) is 9.47 Å². The lowest BCUT2D eigenvalue weighted by molar-refractivity contribution is -0.137. The first-order valence-electron chi connectivity index (χ1n) is 11.7. The highest BCUT2D eigenvalue weighted by Crippen LogP contribution is 2.31. The first kappa shape index (κ1) is 25.3. The Kier molecular flexibility index (Phi) is 7.88. The minimum absolute atomic E-state index is 0.0230. The minimum Gasteiger partial charge on any atom is -0.379 e. The molecule has 2 saturated heterocycles. The van der Waals surface area contributed by atoms with Crippen molar-refractivity contribution in [1.29, 1.82) is 0 Å². The van der Waals surface area contributed by atoms with Crippen molar-refractivity contribution in [3.63, 3.8) is 0 Å². The number of hydrogen-bond donors (Lipinski definition) is 2. The van der Waals surface area contributed by atoms with Crippen LogP contribution >= 0.6 is 0 Å². The predicted octanol–water partition coefficient (Wildman–Crippen LogP) is 3.55. The number of carbonyl (C=O) groups excluding carboxylic acids is 1. The van der Waals surface area contributed by atoms with Crippen molar-refractivity contribution in [1.82, 2.24) is 20.2 Å². The second-order valence-electron chi connectivity index (χ2n) is 8.88. The summed E-state index contributed by atoms with van der Waals surface area (Å²) in [5.74, 6) is 0.0839. The number of anilines is 2. The fourth-order valence-corrected chi connectivity index (χ4v) is 4.54. The predicted molar refractivity (Wildman–Crippen MR) is 124 cm³/mol. The van der Waals surface area contributed by atoms with E-state index in [9.17, 15) is 18.0 Å². The summed E-state index contributed by atoms with van der Waals surface area (Å²) in [5.41, 5.74) is 0.194. The number of carbonyl (C=O) groups is 1. The van der Waals surface area contributed by atoms with Crippen molar-refractivity contribution < 1.29 is 27.4 Å². The number of alkyl halides is 3. The van der Waals surface area contributed by atoms with E-state index >= 15 is 0 Å². The molecule has 2 fully saturated rings. The van der Waals surface area contributed by atoms with Gasteiger partial charge in [0.05, 0.1) is 18.3 Å². The molecule has 2 atom stereocenters. The molecule has 35 heavy (non-hydrogen) atoms. The third-order valence-electron chi connectivity index (χ3n) is 6.58. The van der Waals surface area contributed by atoms with Gasteiger partial charge >= 0.3 is 6.18 Å². The summed E-state index contributed by atoms with van der Waals surface area (Å²) < 4.78 is 50.1. The number of hydrogen-bond acceptors (Lipinski definition) is 7. The van der Waals surface area contributed by atoms with E-state index in [2.05, 4.69) is 20.6 Å². The molecule has 2 aromatic rings. The lowest BCUT2D eigenvalue weighted by Crippen LogP contribution is -2.54. The highest BCUT2D eigenvalue weighted by atomic mass is 19.4. The van der Waals surface area contributed by atoms with Crippen LogP contribution in [0.1, 0.15) is 40.9 Å². The van der Waals surface area contributed by atoms with Crippen LogP contribution in [-0.2, 0) is 15.7 Å². The van der Waals surface area contributed by atoms with Crippen LogP contribution in [0.4, 0.5) is 24.7 Å². The third-order valence-corrected chi connectivity index (χ3v) is 6.58. The minimum atomic E-state index is -4.45. The SMILES string of the molecule is CO[C@@H]1COCCC1NC1CCN(C(=O)c2ncnc(Nc3cccc(C(F)(F)F)c3)c2C)CC1. The zero-order valence-corrected chi connectivity index (χ0v) is 19.8. The molecule has 3 heterocycles. The average molecular weight is 494 g/mol. The zero-order valence-electron chi connectivity index (χ0n) is 19.8. The van der Waals surface area contributed by atoms with Crippen molar-refractivity contribution in [2.24, 2.45) is 0 Å². The maximum atomic E-state index is 13.2. The maximum absolute atomic E-state index is 13.2. The maximum Gasteiger partial charge on any atom is 0.416 e. The summed E-state index contributed by atoms with van der Waals surface area (Å²) in [6, 6.07) is 5.36. The standard InChI is InChI=1S/C24H30F3N5O3/c1-15-21(28-14-29-22(15)31-18-5-3-4-16(12-18)24(25,26)27)23(33)32-9-6-17(7-10-32)30-19-8-11-35-13-20(19)34-2/h3-5,12,14,17,19-20,30H,6-11,13H2,1-2H3,(H,28,29,31)/t19?,20-/m1/s1. The molecule has 0 saturated carbocycles. The summed E-state index contributed by atoms with van der Waals surface area (Å²) in [4.78, 5) is 23.3. The van der Waals surface area contributed by atoms with Gasteiger partial charge in [0.15, 0.2) is 0 Å². The third kappa shape index (κ3) is 6.09. The van der Waals surface area contributed by atoms with Crippen LogP contribution in [0, 0.1) is 6.92 Å². The molecule has 8 nitrogen and oxygen atoms in total. The summed E-state index contributed by atoms with van der Waals surface area (Å²) in [6.45, 7) is 4.13. The molecule has 1 amide bonds. The molecular weight excluding hydrogens is 463 g/mol. The van der Waals surface area contributed by atoms with Gasteiger partial charge in [0.25, 0.3) is 5.91 Å². The van der Waals surface area contributed by atoms with Crippen LogP contribution in [-0.4, -0.2) is 72.4 Å². The number of aromatic nitrogens is 2. The molecule has 1 aromatic carbocycles. The number of nitrogens with one attached hydrogen (secondary N) is 2. The molecule has 2 aliphatic heterocycles. The van der Waals surface area contributed by atoms with Crippen molar-refractivity contribution in [2.75, 3.05) is 38.7 Å². The summed E-state index contributed by atoms with van der Waals surface area (Å²) in [7, 11) is 1.69. The van der Waals surface area contributed by atoms with Gasteiger partial charge in [-0.1, -0.05) is 6.07 Å². The van der Waals surface area contributed by atoms with Crippen molar-refractivity contribution in [3.05, 3.63) is 47.4 Å². The van der Waals surface area contributed by atoms with Crippen LogP contribution in [0.2, 0.25) is 0 Å². The summed E-state index contributed by atoms with van der Waals surface area (Å²) in [6.07, 6.45) is -0.678. The van der Waals surface area contributed by atoms with E-state index < -0.39 is 11.7 Å². The fraction of sp³-hybridized carbons (Fsp3) is 0.542. The van der Waals surface area contributed by atoms with E-state index in [0.717, 1.165) is 31.4 Å². The molecule has 190 valence electrons. The van der Waals surface area contributed by atoms with Crippen molar-refractivity contribution in [3.8, 4) is 0 Å². The van der Waals surface area contributed by atoms with Gasteiger partial charge in [-0.25, -0.2) is 9.97 Å². The van der Waals surface area contributed by atoms with E-state index in [-0.39, 0.29) is 35.5 Å². The van der Waals surface area contributed by atoms with E-state index in [0.29, 0.717) is 37.7 Å². The summed E-state index contributed by atoms with van der Waals surface area (Å²) in [5, 5.41) is 6.55. The number of amides is 1. The number of piperidine rings is 1. The zero-order chi connectivity index (χ0) is 25.0. The van der Waals surface area contributed by atoms with Crippen molar-refractivity contribution in [2.45, 2.75) is 50.6 Å². The van der Waals surface area contributed by atoms with Crippen molar-refractivity contribution >= 4 is 17.4 Å². The Morgan fingerprint density at radius 2 is 1.97 bits per heavy atom. The lowest BCUT2D eigenvalue weighted by Gasteiger charge is -2.38. The van der Waals surface area contributed by atoms with Crippen LogP contribution in [0.5, 0.6) is 0 Å². The van der Waals surface area contributed by atoms with E-state index in [1.165, 1.54) is 18.5 Å². The number of benzene rings is 1. The highest BCUT2D eigenvalue weighted by molar-refractivity contribution is 5.95. The number of methoxy groups -OCH3 is 1. The Bertz CT molecular complexity index is 1030. The number of likely N-dealkylation sites (tertiary alicyclic amines) is 1. The number of halogens is 3. The molecule has 2 aliphatic rings. The van der Waals surface area contributed by atoms with Crippen LogP contribution in [0.15, 0.2) is 30.6 Å². The van der Waals surface area contributed by atoms with Crippen LogP contribution < -0.4 is 10.6 Å². The fourth-order valence-electron chi connectivity index (χ4n) is 4.54. The van der Waals surface area contributed by atoms with Gasteiger partial charge in [-0.2, -0.15) is 13.2 Å². The Morgan fingerprint density at radius 1 is 1.20 bits per heavy atom. The number of rotatable bonds is 6. The molecular formula is C24H30F3N5O3. The van der Waals surface area contributed by atoms with Gasteiger partial charge < -0.3 is 25.0 Å². The first-order chi connectivity index (χ1) is 16.8. The molecule has 0 aliphatic carbocycles. The van der Waals surface area contributed by atoms with Gasteiger partial charge in [-0.15, -0.1) is 0 Å². The monoisotopic (exact) mass is 493 g/mol. The molecule has 0 spiro atoms. The lowest BCUT2D eigenvalue weighted by atomic mass is 9.99. The normalized spacial score (nSPS) is 21.7. The molecule has 4 rings (SSSR count). The van der Waals surface area contributed by atoms with Gasteiger partial charge in [-0.05, 0) is 44.4 Å². The quantitative estimate of drug-likeness (QED) is 0.636. The first-order valence-corrected chi connectivity index (χ1v) is 11.7. The molecule has 1 unspecified atom stereocenters. The van der Waals surface area contributed by atoms with Gasteiger partial charge in [0.2, 0.25) is 0 Å². The average Bonchev–Trinajstić information content (AvgIpc) is 2.85. The van der Waals surface area contributed by atoms with Crippen LogP contribution in [0.3, 0.4) is 0 Å². The van der Waals surface area contributed by atoms with Crippen LogP contribution in [0.25, 0.3) is 0 Å². The molecule has 1 aromatic heterocycles. The van der Waals surface area contributed by atoms with Gasteiger partial charge in [0, 0.05) is 50.1 Å². The van der Waals surface area contributed by atoms with Gasteiger partial charge in [0.1, 0.15) is 17.8 Å². The topological polar surface area (TPSA) is 88.6 Å². The van der Waals surface area contributed by atoms with E-state index in [1.807, 2.05) is 0 Å². The second kappa shape index (κ2) is 10.9. The Labute approximate surface area is 202 Å². The van der Waals surface area contributed by atoms with E-state index in [1.54, 1.807) is 18.9 Å². The Hall–Kier alpha value is -2.76. The molecule has 0 radical (unpaired) electrons. The Balaban J connectivity index is 1.39. The summed E-state index contributed by atoms with van der Waals surface area (Å²) >= 11 is 0. The number of ether oxygens (including phenoxy) is 2. The molecule has 11 heteroatoms. The highest BCUT2D eigenvalue weighted by Gasteiger charge is 2.32. The molecule has 0 bridgehead atoms. The second-order valence-corrected chi connectivity index (χ2v) is 8.88. The molecule has 2 N–H and O–H groups in total. The number of nitrogens with zero attached hydrogens (tertiary/aromatic N) is 3. The largest absolute Gasteiger partial charge is 0.416 e. The van der Waals surface area contributed by atoms with Gasteiger partial charge in [-0.3, -0.25) is 4.79 Å².